The maximum atomic E-state index is 13.2. The van der Waals surface area contributed by atoms with Crippen LogP contribution in [-0.2, 0) is 23.3 Å². The van der Waals surface area contributed by atoms with Crippen LogP contribution in [0.4, 0.5) is 18.9 Å². The molecule has 31 heavy (non-hydrogen) atoms. The van der Waals surface area contributed by atoms with Gasteiger partial charge in [0.2, 0.25) is 11.3 Å². The van der Waals surface area contributed by atoms with Gasteiger partial charge in [-0.3, -0.25) is 9.59 Å². The Morgan fingerprint density at radius 3 is 2.45 bits per heavy atom. The minimum Gasteiger partial charge on any atom is -0.491 e. The number of ether oxygens (including phenoxy) is 1. The average Bonchev–Trinajstić information content (AvgIpc) is 2.74. The van der Waals surface area contributed by atoms with Crippen molar-refractivity contribution in [1.82, 2.24) is 4.57 Å². The van der Waals surface area contributed by atoms with E-state index in [9.17, 15) is 22.8 Å². The number of carbonyl (C=O) groups excluding carboxylic acids is 1. The van der Waals surface area contributed by atoms with E-state index < -0.39 is 17.6 Å². The number of methoxy groups -OCH3 is 1. The van der Waals surface area contributed by atoms with Gasteiger partial charge < -0.3 is 14.6 Å². The van der Waals surface area contributed by atoms with Crippen LogP contribution >= 0.6 is 11.8 Å². The van der Waals surface area contributed by atoms with Gasteiger partial charge in [0.25, 0.3) is 0 Å². The van der Waals surface area contributed by atoms with Crippen LogP contribution in [-0.4, -0.2) is 17.6 Å². The lowest BCUT2D eigenvalue weighted by Gasteiger charge is -2.16. The maximum Gasteiger partial charge on any atom is 0.418 e. The lowest BCUT2D eigenvalue weighted by molar-refractivity contribution is -0.137. The summed E-state index contributed by atoms with van der Waals surface area (Å²) in [7, 11) is 1.33. The zero-order valence-electron chi connectivity index (χ0n) is 16.5. The molecule has 1 heterocycles. The van der Waals surface area contributed by atoms with Crippen LogP contribution in [0.3, 0.4) is 0 Å². The van der Waals surface area contributed by atoms with E-state index in [1.165, 1.54) is 53.9 Å². The Morgan fingerprint density at radius 1 is 1.10 bits per heavy atom. The Hall–Kier alpha value is -3.20. The van der Waals surface area contributed by atoms with Crippen molar-refractivity contribution in [3.05, 3.63) is 88.3 Å². The minimum absolute atomic E-state index is 0.0388. The highest BCUT2D eigenvalue weighted by Crippen LogP contribution is 2.34. The van der Waals surface area contributed by atoms with Crippen LogP contribution in [0.15, 0.2) is 76.6 Å². The first-order valence-electron chi connectivity index (χ1n) is 9.19. The molecule has 0 bridgehead atoms. The van der Waals surface area contributed by atoms with E-state index in [-0.39, 0.29) is 23.4 Å². The molecule has 1 amide bonds. The summed E-state index contributed by atoms with van der Waals surface area (Å²) in [6.07, 6.45) is -3.21. The average molecular weight is 448 g/mol. The summed E-state index contributed by atoms with van der Waals surface area (Å²) in [6, 6.07) is 15.6. The van der Waals surface area contributed by atoms with Crippen LogP contribution in [0.1, 0.15) is 11.3 Å². The number of para-hydroxylation sites is 1. The second kappa shape index (κ2) is 9.74. The van der Waals surface area contributed by atoms with E-state index in [2.05, 4.69) is 5.32 Å². The van der Waals surface area contributed by atoms with E-state index in [1.54, 1.807) is 0 Å². The molecule has 3 rings (SSSR count). The number of alkyl halides is 3. The SMILES string of the molecule is COc1cn(CC(=O)Nc2ccccc2C(F)(F)F)c(CSc2ccccc2)cc1=O. The molecule has 0 fully saturated rings. The predicted molar refractivity (Wildman–Crippen MR) is 113 cm³/mol. The molecule has 0 aliphatic rings. The Labute approximate surface area is 180 Å². The van der Waals surface area contributed by atoms with Crippen LogP contribution < -0.4 is 15.5 Å². The van der Waals surface area contributed by atoms with E-state index in [0.717, 1.165) is 11.0 Å². The highest BCUT2D eigenvalue weighted by atomic mass is 32.2. The molecule has 162 valence electrons. The number of amides is 1. The van der Waals surface area contributed by atoms with Gasteiger partial charge in [0.1, 0.15) is 6.54 Å². The van der Waals surface area contributed by atoms with Crippen molar-refractivity contribution in [2.24, 2.45) is 0 Å². The first kappa shape index (κ1) is 22.5. The number of halogens is 3. The number of benzene rings is 2. The Kier molecular flexibility index (Phi) is 7.06. The molecule has 1 aromatic heterocycles. The second-order valence-corrected chi connectivity index (χ2v) is 7.57. The standard InChI is InChI=1S/C22H19F3N2O3S/c1-30-20-12-27(15(11-19(20)28)14-31-16-7-3-2-4-8-16)13-21(29)26-18-10-6-5-9-17(18)22(23,24)25/h2-12H,13-14H2,1H3,(H,26,29). The summed E-state index contributed by atoms with van der Waals surface area (Å²) in [5, 5.41) is 2.31. The molecule has 5 nitrogen and oxygen atoms in total. The first-order chi connectivity index (χ1) is 14.8. The summed E-state index contributed by atoms with van der Waals surface area (Å²) in [6.45, 7) is -0.284. The fraction of sp³-hybridized carbons (Fsp3) is 0.182. The highest BCUT2D eigenvalue weighted by Gasteiger charge is 2.33. The van der Waals surface area contributed by atoms with Crippen molar-refractivity contribution < 1.29 is 22.7 Å². The third-order valence-electron chi connectivity index (χ3n) is 4.35. The third kappa shape index (κ3) is 5.91. The first-order valence-corrected chi connectivity index (χ1v) is 10.2. The minimum atomic E-state index is -4.60. The molecule has 2 aromatic carbocycles. The number of pyridine rings is 1. The monoisotopic (exact) mass is 448 g/mol. The predicted octanol–water partition coefficient (Wildman–Crippen LogP) is 4.81. The summed E-state index contributed by atoms with van der Waals surface area (Å²) in [4.78, 5) is 25.7. The zero-order chi connectivity index (χ0) is 22.4. The van der Waals surface area contributed by atoms with Crippen molar-refractivity contribution in [1.29, 1.82) is 0 Å². The van der Waals surface area contributed by atoms with E-state index in [4.69, 9.17) is 4.74 Å². The molecule has 0 saturated carbocycles. The van der Waals surface area contributed by atoms with E-state index in [1.807, 2.05) is 30.3 Å². The smallest absolute Gasteiger partial charge is 0.418 e. The van der Waals surface area contributed by atoms with Gasteiger partial charge in [0.15, 0.2) is 5.75 Å². The zero-order valence-corrected chi connectivity index (χ0v) is 17.3. The van der Waals surface area contributed by atoms with E-state index in [0.29, 0.717) is 11.4 Å². The largest absolute Gasteiger partial charge is 0.491 e. The molecular weight excluding hydrogens is 429 g/mol. The quantitative estimate of drug-likeness (QED) is 0.527. The molecule has 0 atom stereocenters. The molecule has 0 aliphatic carbocycles. The molecule has 0 radical (unpaired) electrons. The third-order valence-corrected chi connectivity index (χ3v) is 5.40. The van der Waals surface area contributed by atoms with E-state index >= 15 is 0 Å². The molecule has 1 N–H and O–H groups in total. The number of nitrogens with zero attached hydrogens (tertiary/aromatic N) is 1. The summed E-state index contributed by atoms with van der Waals surface area (Å²) < 4.78 is 46.1. The fourth-order valence-electron chi connectivity index (χ4n) is 2.88. The number of aromatic nitrogens is 1. The van der Waals surface area contributed by atoms with Crippen LogP contribution in [0.2, 0.25) is 0 Å². The Balaban J connectivity index is 1.83. The summed E-state index contributed by atoms with van der Waals surface area (Å²) in [5.41, 5.74) is -1.06. The van der Waals surface area contributed by atoms with Gasteiger partial charge in [-0.2, -0.15) is 13.2 Å². The van der Waals surface area contributed by atoms with Gasteiger partial charge in [-0.15, -0.1) is 11.8 Å². The van der Waals surface area contributed by atoms with Gasteiger partial charge in [0.05, 0.1) is 24.6 Å². The molecular formula is C22H19F3N2O3S. The van der Waals surface area contributed by atoms with Crippen LogP contribution in [0, 0.1) is 0 Å². The number of rotatable bonds is 7. The van der Waals surface area contributed by atoms with Crippen LogP contribution in [0.5, 0.6) is 5.75 Å². The second-order valence-electron chi connectivity index (χ2n) is 6.52. The fourth-order valence-corrected chi connectivity index (χ4v) is 3.79. The van der Waals surface area contributed by atoms with Crippen molar-refractivity contribution in [3.63, 3.8) is 0 Å². The Morgan fingerprint density at radius 2 is 1.77 bits per heavy atom. The van der Waals surface area contributed by atoms with Crippen molar-refractivity contribution in [2.45, 2.75) is 23.4 Å². The molecule has 0 saturated heterocycles. The molecule has 0 aliphatic heterocycles. The van der Waals surface area contributed by atoms with Gasteiger partial charge in [-0.25, -0.2) is 0 Å². The molecule has 0 spiro atoms. The number of hydrogen-bond acceptors (Lipinski definition) is 4. The van der Waals surface area contributed by atoms with Crippen molar-refractivity contribution >= 4 is 23.4 Å². The summed E-state index contributed by atoms with van der Waals surface area (Å²) in [5.74, 6) is -0.235. The molecule has 0 unspecified atom stereocenters. The highest BCUT2D eigenvalue weighted by molar-refractivity contribution is 7.98. The number of hydrogen-bond donors (Lipinski definition) is 1. The molecule has 9 heteroatoms. The lowest BCUT2D eigenvalue weighted by atomic mass is 10.1. The van der Waals surface area contributed by atoms with Crippen LogP contribution in [0.25, 0.3) is 0 Å². The number of nitrogens with one attached hydrogen (secondary N) is 1. The molecule has 3 aromatic rings. The van der Waals surface area contributed by atoms with Crippen molar-refractivity contribution in [2.75, 3.05) is 12.4 Å². The van der Waals surface area contributed by atoms with Gasteiger partial charge >= 0.3 is 6.18 Å². The van der Waals surface area contributed by atoms with Crippen molar-refractivity contribution in [3.8, 4) is 5.75 Å². The topological polar surface area (TPSA) is 60.3 Å². The van der Waals surface area contributed by atoms with Gasteiger partial charge in [-0.1, -0.05) is 30.3 Å². The number of anilines is 1. The lowest BCUT2D eigenvalue weighted by Crippen LogP contribution is -2.24. The number of carbonyl (C=O) groups is 1. The maximum absolute atomic E-state index is 13.2. The van der Waals surface area contributed by atoms with Gasteiger partial charge in [-0.05, 0) is 24.3 Å². The Bertz CT molecular complexity index is 1110. The summed E-state index contributed by atoms with van der Waals surface area (Å²) >= 11 is 1.47. The van der Waals surface area contributed by atoms with Gasteiger partial charge in [0, 0.05) is 22.4 Å². The number of thioether (sulfide) groups is 1. The normalized spacial score (nSPS) is 11.2.